The lowest BCUT2D eigenvalue weighted by Gasteiger charge is -2.31. The fourth-order valence-corrected chi connectivity index (χ4v) is 4.81. The van der Waals surface area contributed by atoms with Gasteiger partial charge in [-0.1, -0.05) is 86.6 Å². The second-order valence-corrected chi connectivity index (χ2v) is 9.25. The average molecular weight is 450 g/mol. The topological polar surface area (TPSA) is 37.3 Å². The molecule has 2 amide bonds. The van der Waals surface area contributed by atoms with Gasteiger partial charge in [0.25, 0.3) is 0 Å². The molecule has 1 atom stereocenters. The Hall–Kier alpha value is -3.79. The highest BCUT2D eigenvalue weighted by Crippen LogP contribution is 2.37. The highest BCUT2D eigenvalue weighted by molar-refractivity contribution is 5.76. The van der Waals surface area contributed by atoms with Crippen molar-refractivity contribution in [3.8, 4) is 5.69 Å². The fourth-order valence-electron chi connectivity index (χ4n) is 4.81. The van der Waals surface area contributed by atoms with Crippen LogP contribution in [0.1, 0.15) is 53.8 Å². The number of carbonyl (C=O) groups is 1. The van der Waals surface area contributed by atoms with Crippen molar-refractivity contribution in [1.82, 2.24) is 14.8 Å². The van der Waals surface area contributed by atoms with Crippen LogP contribution < -0.4 is 5.32 Å². The Morgan fingerprint density at radius 3 is 2.41 bits per heavy atom. The molecular formula is C30H31N3O. The molecule has 4 heteroatoms. The number of nitrogens with zero attached hydrogens (tertiary/aromatic N) is 2. The molecule has 0 bridgehead atoms. The molecule has 0 saturated carbocycles. The second-order valence-electron chi connectivity index (χ2n) is 9.25. The Morgan fingerprint density at radius 1 is 0.912 bits per heavy atom. The quantitative estimate of drug-likeness (QED) is 0.373. The van der Waals surface area contributed by atoms with E-state index in [9.17, 15) is 4.79 Å². The molecule has 4 aromatic rings. The first kappa shape index (κ1) is 22.0. The van der Waals surface area contributed by atoms with Crippen molar-refractivity contribution in [2.24, 2.45) is 0 Å². The summed E-state index contributed by atoms with van der Waals surface area (Å²) in [4.78, 5) is 15.6. The van der Waals surface area contributed by atoms with E-state index in [4.69, 9.17) is 0 Å². The van der Waals surface area contributed by atoms with E-state index in [1.165, 1.54) is 11.1 Å². The van der Waals surface area contributed by atoms with Gasteiger partial charge in [0.1, 0.15) is 0 Å². The van der Waals surface area contributed by atoms with Crippen LogP contribution in [0.25, 0.3) is 5.69 Å². The van der Waals surface area contributed by atoms with E-state index in [1.807, 2.05) is 29.2 Å². The van der Waals surface area contributed by atoms with Gasteiger partial charge in [-0.05, 0) is 52.8 Å². The number of rotatable bonds is 5. The molecule has 3 aromatic carbocycles. The highest BCUT2D eigenvalue weighted by Gasteiger charge is 2.32. The summed E-state index contributed by atoms with van der Waals surface area (Å²) in [5.41, 5.74) is 7.01. The largest absolute Gasteiger partial charge is 0.338 e. The van der Waals surface area contributed by atoms with E-state index < -0.39 is 0 Å². The Kier molecular flexibility index (Phi) is 6.22. The van der Waals surface area contributed by atoms with Crippen molar-refractivity contribution in [2.45, 2.75) is 38.8 Å². The van der Waals surface area contributed by atoms with Gasteiger partial charge in [-0.2, -0.15) is 0 Å². The summed E-state index contributed by atoms with van der Waals surface area (Å²) in [7, 11) is 0. The van der Waals surface area contributed by atoms with Crippen molar-refractivity contribution in [3.05, 3.63) is 125 Å². The zero-order chi connectivity index (χ0) is 23.5. The van der Waals surface area contributed by atoms with Crippen LogP contribution in [0.2, 0.25) is 0 Å². The van der Waals surface area contributed by atoms with Gasteiger partial charge in [-0.15, -0.1) is 0 Å². The van der Waals surface area contributed by atoms with E-state index in [1.54, 1.807) is 0 Å². The van der Waals surface area contributed by atoms with Gasteiger partial charge < -0.3 is 14.8 Å². The van der Waals surface area contributed by atoms with E-state index in [0.29, 0.717) is 19.0 Å². The predicted octanol–water partition coefficient (Wildman–Crippen LogP) is 6.46. The standard InChI is InChI=1S/C30H31N3O/c1-22(2)24-14-16-25(17-15-24)29-28-13-8-20-32(28)27-12-7-6-11-26(27)21-33(29)30(34)31-19-18-23-9-4-3-5-10-23/h3-17,20,22,29H,18-19,21H2,1-2H3,(H,31,34). The summed E-state index contributed by atoms with van der Waals surface area (Å²) in [6, 6.07) is 31.4. The predicted molar refractivity (Wildman–Crippen MR) is 137 cm³/mol. The molecule has 0 aliphatic carbocycles. The molecule has 1 aliphatic heterocycles. The van der Waals surface area contributed by atoms with Gasteiger partial charge in [0.2, 0.25) is 0 Å². The summed E-state index contributed by atoms with van der Waals surface area (Å²) in [5.74, 6) is 0.466. The Labute approximate surface area is 201 Å². The molecule has 0 saturated heterocycles. The van der Waals surface area contributed by atoms with Crippen LogP contribution in [-0.2, 0) is 13.0 Å². The number of urea groups is 1. The van der Waals surface area contributed by atoms with Crippen molar-refractivity contribution >= 4 is 6.03 Å². The normalized spacial score (nSPS) is 14.9. The van der Waals surface area contributed by atoms with Crippen molar-refractivity contribution in [3.63, 3.8) is 0 Å². The minimum atomic E-state index is -0.180. The Balaban J connectivity index is 1.50. The van der Waals surface area contributed by atoms with Gasteiger partial charge in [-0.25, -0.2) is 4.79 Å². The molecule has 0 fully saturated rings. The highest BCUT2D eigenvalue weighted by atomic mass is 16.2. The first-order valence-electron chi connectivity index (χ1n) is 12.1. The van der Waals surface area contributed by atoms with E-state index in [2.05, 4.69) is 96.7 Å². The molecule has 5 rings (SSSR count). The fraction of sp³-hybridized carbons (Fsp3) is 0.233. The summed E-state index contributed by atoms with van der Waals surface area (Å²) in [5, 5.41) is 3.19. The van der Waals surface area contributed by atoms with Crippen LogP contribution in [0.5, 0.6) is 0 Å². The molecule has 4 nitrogen and oxygen atoms in total. The number of benzene rings is 3. The van der Waals surface area contributed by atoms with Gasteiger partial charge in [0.05, 0.1) is 18.3 Å². The second kappa shape index (κ2) is 9.60. The van der Waals surface area contributed by atoms with E-state index in [-0.39, 0.29) is 12.1 Å². The monoisotopic (exact) mass is 449 g/mol. The lowest BCUT2D eigenvalue weighted by atomic mass is 9.97. The van der Waals surface area contributed by atoms with Gasteiger partial charge >= 0.3 is 6.03 Å². The molecule has 0 radical (unpaired) electrons. The molecule has 172 valence electrons. The number of nitrogens with one attached hydrogen (secondary N) is 1. The SMILES string of the molecule is CC(C)c1ccc(C2c3cccn3-c3ccccc3CN2C(=O)NCCc2ccccc2)cc1. The maximum atomic E-state index is 13.6. The molecule has 34 heavy (non-hydrogen) atoms. The van der Waals surface area contributed by atoms with Crippen molar-refractivity contribution in [1.29, 1.82) is 0 Å². The molecule has 1 aliphatic rings. The smallest absolute Gasteiger partial charge is 0.318 e. The van der Waals surface area contributed by atoms with E-state index in [0.717, 1.165) is 28.9 Å². The summed E-state index contributed by atoms with van der Waals surface area (Å²) < 4.78 is 2.23. The van der Waals surface area contributed by atoms with Gasteiger partial charge in [0.15, 0.2) is 0 Å². The van der Waals surface area contributed by atoms with Crippen LogP contribution in [0.3, 0.4) is 0 Å². The molecule has 1 aromatic heterocycles. The lowest BCUT2D eigenvalue weighted by Crippen LogP contribution is -2.42. The first-order chi connectivity index (χ1) is 16.6. The maximum absolute atomic E-state index is 13.6. The number of fused-ring (bicyclic) bond motifs is 3. The Bertz CT molecular complexity index is 1260. The van der Waals surface area contributed by atoms with Gasteiger partial charge in [-0.3, -0.25) is 0 Å². The minimum absolute atomic E-state index is 0.0432. The molecular weight excluding hydrogens is 418 g/mol. The Morgan fingerprint density at radius 2 is 1.65 bits per heavy atom. The number of aromatic nitrogens is 1. The first-order valence-corrected chi connectivity index (χ1v) is 12.1. The number of para-hydroxylation sites is 1. The number of amides is 2. The third-order valence-corrected chi connectivity index (χ3v) is 6.68. The van der Waals surface area contributed by atoms with Crippen LogP contribution in [-0.4, -0.2) is 22.0 Å². The van der Waals surface area contributed by atoms with Crippen molar-refractivity contribution < 1.29 is 4.79 Å². The van der Waals surface area contributed by atoms with E-state index >= 15 is 0 Å². The zero-order valence-corrected chi connectivity index (χ0v) is 19.8. The summed E-state index contributed by atoms with van der Waals surface area (Å²) in [6.45, 7) is 5.55. The number of hydrogen-bond donors (Lipinski definition) is 1. The molecule has 1 unspecified atom stereocenters. The van der Waals surface area contributed by atoms with Crippen LogP contribution in [0.4, 0.5) is 4.79 Å². The van der Waals surface area contributed by atoms with Crippen LogP contribution in [0, 0.1) is 0 Å². The minimum Gasteiger partial charge on any atom is -0.338 e. The molecule has 0 spiro atoms. The molecule has 2 heterocycles. The average Bonchev–Trinajstić information content (AvgIpc) is 3.29. The number of carbonyl (C=O) groups excluding carboxylic acids is 1. The third kappa shape index (κ3) is 4.36. The van der Waals surface area contributed by atoms with Crippen LogP contribution in [0.15, 0.2) is 97.2 Å². The van der Waals surface area contributed by atoms with Gasteiger partial charge in [0, 0.05) is 18.4 Å². The van der Waals surface area contributed by atoms with Crippen molar-refractivity contribution in [2.75, 3.05) is 6.54 Å². The number of hydrogen-bond acceptors (Lipinski definition) is 1. The summed E-state index contributed by atoms with van der Waals surface area (Å²) >= 11 is 0. The lowest BCUT2D eigenvalue weighted by molar-refractivity contribution is 0.181. The third-order valence-electron chi connectivity index (χ3n) is 6.68. The zero-order valence-electron chi connectivity index (χ0n) is 19.8. The molecule has 1 N–H and O–H groups in total. The summed E-state index contributed by atoms with van der Waals surface area (Å²) in [6.07, 6.45) is 2.90. The maximum Gasteiger partial charge on any atom is 0.318 e. The van der Waals surface area contributed by atoms with Crippen LogP contribution >= 0.6 is 0 Å².